The number of aryl methyl sites for hydroxylation is 1. The van der Waals surface area contributed by atoms with Crippen LogP contribution < -0.4 is 5.32 Å². The molecule has 1 heterocycles. The molecular weight excluding hydrogens is 258 g/mol. The summed E-state index contributed by atoms with van der Waals surface area (Å²) in [4.78, 5) is 24.3. The zero-order valence-electron chi connectivity index (χ0n) is 11.1. The van der Waals surface area contributed by atoms with Gasteiger partial charge in [0.15, 0.2) is 0 Å². The van der Waals surface area contributed by atoms with Crippen LogP contribution in [0.4, 0.5) is 0 Å². The van der Waals surface area contributed by atoms with E-state index in [1.807, 2.05) is 6.92 Å². The number of carboxylic acids is 1. The number of benzene rings is 1. The molecule has 104 valence electrons. The zero-order valence-corrected chi connectivity index (χ0v) is 11.1. The van der Waals surface area contributed by atoms with Crippen molar-refractivity contribution >= 4 is 11.9 Å². The number of carboxylic acid groups (broad SMARTS) is 1. The SMILES string of the molecule is Cc1cc(C#N)ccc1CN1CC(=O)NCC1C(=O)O. The van der Waals surface area contributed by atoms with Gasteiger partial charge in [0.2, 0.25) is 5.91 Å². The first kappa shape index (κ1) is 14.0. The quantitative estimate of drug-likeness (QED) is 0.823. The van der Waals surface area contributed by atoms with Gasteiger partial charge in [-0.3, -0.25) is 14.5 Å². The molecule has 0 radical (unpaired) electrons. The van der Waals surface area contributed by atoms with Gasteiger partial charge in [0.1, 0.15) is 6.04 Å². The molecule has 1 aliphatic heterocycles. The number of nitrogens with one attached hydrogen (secondary N) is 1. The molecule has 2 rings (SSSR count). The molecule has 0 saturated carbocycles. The van der Waals surface area contributed by atoms with Crippen molar-refractivity contribution in [2.75, 3.05) is 13.1 Å². The van der Waals surface area contributed by atoms with E-state index in [0.717, 1.165) is 11.1 Å². The average Bonchev–Trinajstić information content (AvgIpc) is 2.40. The van der Waals surface area contributed by atoms with Gasteiger partial charge in [0, 0.05) is 13.1 Å². The van der Waals surface area contributed by atoms with Crippen molar-refractivity contribution in [2.45, 2.75) is 19.5 Å². The van der Waals surface area contributed by atoms with Crippen LogP contribution in [0.2, 0.25) is 0 Å². The van der Waals surface area contributed by atoms with E-state index in [-0.39, 0.29) is 19.0 Å². The summed E-state index contributed by atoms with van der Waals surface area (Å²) in [6, 6.07) is 6.60. The van der Waals surface area contributed by atoms with Crippen molar-refractivity contribution in [2.24, 2.45) is 0 Å². The topological polar surface area (TPSA) is 93.4 Å². The summed E-state index contributed by atoms with van der Waals surface area (Å²) in [7, 11) is 0. The molecular formula is C14H15N3O3. The molecule has 0 aliphatic carbocycles. The van der Waals surface area contributed by atoms with Crippen LogP contribution in [0.5, 0.6) is 0 Å². The molecule has 0 spiro atoms. The number of amides is 1. The Morgan fingerprint density at radius 1 is 1.60 bits per heavy atom. The molecule has 2 N–H and O–H groups in total. The van der Waals surface area contributed by atoms with Gasteiger partial charge in [0.25, 0.3) is 0 Å². The lowest BCUT2D eigenvalue weighted by Crippen LogP contribution is -2.57. The van der Waals surface area contributed by atoms with E-state index in [0.29, 0.717) is 12.1 Å². The largest absolute Gasteiger partial charge is 0.480 e. The highest BCUT2D eigenvalue weighted by atomic mass is 16.4. The molecule has 1 fully saturated rings. The molecule has 0 bridgehead atoms. The second-order valence-corrected chi connectivity index (χ2v) is 4.82. The maximum atomic E-state index is 11.4. The Hall–Kier alpha value is -2.39. The van der Waals surface area contributed by atoms with Crippen LogP contribution in [0.15, 0.2) is 18.2 Å². The van der Waals surface area contributed by atoms with E-state index in [4.69, 9.17) is 5.26 Å². The number of hydrogen-bond donors (Lipinski definition) is 2. The lowest BCUT2D eigenvalue weighted by molar-refractivity contribution is -0.146. The number of hydrogen-bond acceptors (Lipinski definition) is 4. The smallest absolute Gasteiger partial charge is 0.322 e. The first-order valence-electron chi connectivity index (χ1n) is 6.24. The third kappa shape index (κ3) is 2.95. The molecule has 1 amide bonds. The van der Waals surface area contributed by atoms with E-state index < -0.39 is 12.0 Å². The average molecular weight is 273 g/mol. The molecule has 1 aliphatic rings. The van der Waals surface area contributed by atoms with Crippen molar-refractivity contribution in [3.63, 3.8) is 0 Å². The highest BCUT2D eigenvalue weighted by Gasteiger charge is 2.31. The Morgan fingerprint density at radius 3 is 2.95 bits per heavy atom. The number of carbonyl (C=O) groups is 2. The molecule has 6 heteroatoms. The van der Waals surface area contributed by atoms with Gasteiger partial charge in [-0.15, -0.1) is 0 Å². The molecule has 6 nitrogen and oxygen atoms in total. The lowest BCUT2D eigenvalue weighted by Gasteiger charge is -2.33. The summed E-state index contributed by atoms with van der Waals surface area (Å²) in [5.74, 6) is -1.12. The Morgan fingerprint density at radius 2 is 2.35 bits per heavy atom. The number of piperazine rings is 1. The summed E-state index contributed by atoms with van der Waals surface area (Å²) in [5, 5.41) is 20.6. The standard InChI is InChI=1S/C14H15N3O3/c1-9-4-10(5-15)2-3-11(9)7-17-8-13(18)16-6-12(17)14(19)20/h2-4,12H,6-8H2,1H3,(H,16,18)(H,19,20). The van der Waals surface area contributed by atoms with Crippen LogP contribution in [-0.2, 0) is 16.1 Å². The third-order valence-electron chi connectivity index (χ3n) is 3.41. The molecule has 0 aromatic heterocycles. The van der Waals surface area contributed by atoms with Crippen molar-refractivity contribution in [1.82, 2.24) is 10.2 Å². The zero-order chi connectivity index (χ0) is 14.7. The van der Waals surface area contributed by atoms with Crippen molar-refractivity contribution in [1.29, 1.82) is 5.26 Å². The molecule has 1 unspecified atom stereocenters. The number of rotatable bonds is 3. The summed E-state index contributed by atoms with van der Waals surface area (Å²) in [5.41, 5.74) is 2.40. The van der Waals surface area contributed by atoms with Gasteiger partial charge in [-0.2, -0.15) is 5.26 Å². The van der Waals surface area contributed by atoms with E-state index in [9.17, 15) is 14.7 Å². The van der Waals surface area contributed by atoms with Gasteiger partial charge in [0.05, 0.1) is 18.2 Å². The minimum absolute atomic E-state index is 0.0659. The van der Waals surface area contributed by atoms with Gasteiger partial charge >= 0.3 is 5.97 Å². The van der Waals surface area contributed by atoms with Crippen molar-refractivity contribution < 1.29 is 14.7 Å². The molecule has 1 aromatic carbocycles. The summed E-state index contributed by atoms with van der Waals surface area (Å²) < 4.78 is 0. The number of carbonyl (C=O) groups excluding carboxylic acids is 1. The summed E-state index contributed by atoms with van der Waals surface area (Å²) in [6.45, 7) is 2.43. The number of nitriles is 1. The summed E-state index contributed by atoms with van der Waals surface area (Å²) in [6.07, 6.45) is 0. The predicted molar refractivity (Wildman–Crippen MR) is 70.7 cm³/mol. The maximum Gasteiger partial charge on any atom is 0.322 e. The highest BCUT2D eigenvalue weighted by Crippen LogP contribution is 2.16. The van der Waals surface area contributed by atoms with Crippen LogP contribution >= 0.6 is 0 Å². The fourth-order valence-corrected chi connectivity index (χ4v) is 2.26. The second-order valence-electron chi connectivity index (χ2n) is 4.82. The monoisotopic (exact) mass is 273 g/mol. The van der Waals surface area contributed by atoms with Crippen LogP contribution in [-0.4, -0.2) is 41.0 Å². The highest BCUT2D eigenvalue weighted by molar-refractivity contribution is 5.83. The predicted octanol–water partition coefficient (Wildman–Crippen LogP) is 0.252. The second kappa shape index (κ2) is 5.72. The van der Waals surface area contributed by atoms with Crippen LogP contribution in [0.1, 0.15) is 16.7 Å². The first-order valence-corrected chi connectivity index (χ1v) is 6.24. The van der Waals surface area contributed by atoms with Gasteiger partial charge < -0.3 is 10.4 Å². The van der Waals surface area contributed by atoms with E-state index in [2.05, 4.69) is 11.4 Å². The van der Waals surface area contributed by atoms with Gasteiger partial charge in [-0.25, -0.2) is 0 Å². The molecule has 20 heavy (non-hydrogen) atoms. The van der Waals surface area contributed by atoms with E-state index in [1.165, 1.54) is 0 Å². The van der Waals surface area contributed by atoms with Crippen molar-refractivity contribution in [3.8, 4) is 6.07 Å². The Bertz CT molecular complexity index is 592. The fourth-order valence-electron chi connectivity index (χ4n) is 2.26. The Balaban J connectivity index is 2.20. The third-order valence-corrected chi connectivity index (χ3v) is 3.41. The summed E-state index contributed by atoms with van der Waals surface area (Å²) >= 11 is 0. The molecule has 1 aromatic rings. The Kier molecular flexibility index (Phi) is 4.01. The normalized spacial score (nSPS) is 19.2. The first-order chi connectivity index (χ1) is 9.51. The van der Waals surface area contributed by atoms with E-state index in [1.54, 1.807) is 23.1 Å². The fraction of sp³-hybridized carbons (Fsp3) is 0.357. The molecule has 1 atom stereocenters. The minimum Gasteiger partial charge on any atom is -0.480 e. The molecule has 1 saturated heterocycles. The minimum atomic E-state index is -0.948. The maximum absolute atomic E-state index is 11.4. The number of aliphatic carboxylic acids is 1. The van der Waals surface area contributed by atoms with Crippen LogP contribution in [0.25, 0.3) is 0 Å². The van der Waals surface area contributed by atoms with E-state index >= 15 is 0 Å². The van der Waals surface area contributed by atoms with Crippen molar-refractivity contribution in [3.05, 3.63) is 34.9 Å². The van der Waals surface area contributed by atoms with Crippen LogP contribution in [0.3, 0.4) is 0 Å². The lowest BCUT2D eigenvalue weighted by atomic mass is 10.0. The number of nitrogens with zero attached hydrogens (tertiary/aromatic N) is 2. The van der Waals surface area contributed by atoms with Gasteiger partial charge in [-0.1, -0.05) is 6.07 Å². The van der Waals surface area contributed by atoms with Crippen LogP contribution in [0, 0.1) is 18.3 Å². The van der Waals surface area contributed by atoms with Gasteiger partial charge in [-0.05, 0) is 30.2 Å². The Labute approximate surface area is 116 Å².